The number of hydrogen-bond acceptors (Lipinski definition) is 6. The summed E-state index contributed by atoms with van der Waals surface area (Å²) in [4.78, 5) is 23.2. The second-order valence-corrected chi connectivity index (χ2v) is 9.67. The van der Waals surface area contributed by atoms with Crippen LogP contribution in [0.15, 0.2) is 53.4 Å². The van der Waals surface area contributed by atoms with Crippen molar-refractivity contribution in [1.82, 2.24) is 4.31 Å². The third-order valence-corrected chi connectivity index (χ3v) is 6.68. The molecular weight excluding hydrogens is 434 g/mol. The Morgan fingerprint density at radius 2 is 1.66 bits per heavy atom. The molecule has 1 saturated heterocycles. The summed E-state index contributed by atoms with van der Waals surface area (Å²) < 4.78 is 38.2. The maximum atomic E-state index is 12.9. The van der Waals surface area contributed by atoms with Crippen molar-refractivity contribution in [2.75, 3.05) is 25.0 Å². The Hall–Kier alpha value is -2.95. The first-order chi connectivity index (χ1) is 15.1. The molecule has 172 valence electrons. The van der Waals surface area contributed by atoms with Gasteiger partial charge in [-0.25, -0.2) is 8.42 Å². The van der Waals surface area contributed by atoms with Crippen LogP contribution in [0.4, 0.5) is 5.69 Å². The van der Waals surface area contributed by atoms with Crippen LogP contribution in [0.25, 0.3) is 0 Å². The van der Waals surface area contributed by atoms with Gasteiger partial charge >= 0.3 is 0 Å². The molecule has 32 heavy (non-hydrogen) atoms. The maximum absolute atomic E-state index is 12.9. The first-order valence-electron chi connectivity index (χ1n) is 10.2. The Kier molecular flexibility index (Phi) is 7.49. The molecule has 1 aliphatic heterocycles. The molecule has 2 aromatic carbocycles. The number of amides is 2. The molecule has 0 aromatic heterocycles. The summed E-state index contributed by atoms with van der Waals surface area (Å²) in [6.07, 6.45) is -0.214. The molecule has 0 saturated carbocycles. The first kappa shape index (κ1) is 23.7. The topological polar surface area (TPSA) is 128 Å². The summed E-state index contributed by atoms with van der Waals surface area (Å²) in [5.74, 6) is -0.340. The van der Waals surface area contributed by atoms with E-state index in [1.165, 1.54) is 28.6 Å². The normalized spacial score (nSPS) is 19.3. The van der Waals surface area contributed by atoms with Crippen molar-refractivity contribution >= 4 is 27.5 Å². The predicted octanol–water partition coefficient (Wildman–Crippen LogP) is 1.53. The number of morpholine rings is 1. The highest BCUT2D eigenvalue weighted by molar-refractivity contribution is 7.89. The van der Waals surface area contributed by atoms with Crippen LogP contribution in [0.1, 0.15) is 19.4 Å². The fourth-order valence-electron chi connectivity index (χ4n) is 3.44. The number of hydrogen-bond donors (Lipinski definition) is 2. The van der Waals surface area contributed by atoms with Crippen LogP contribution in [0, 0.1) is 0 Å². The van der Waals surface area contributed by atoms with Crippen LogP contribution in [0.2, 0.25) is 0 Å². The number of sulfonamides is 1. The fraction of sp³-hybridized carbons (Fsp3) is 0.364. The van der Waals surface area contributed by atoms with Crippen LogP contribution < -0.4 is 15.8 Å². The lowest BCUT2D eigenvalue weighted by Crippen LogP contribution is -2.48. The Balaban J connectivity index is 1.54. The first-order valence-corrected chi connectivity index (χ1v) is 11.6. The standard InChI is InChI=1S/C22H27N3O6S/c1-15-12-25(13-16(2)31-15)32(28,29)20-9-5-18(6-10-20)24-22(27)14-30-19-7-3-17(4-8-19)11-21(23)26/h3-10,15-16H,11-14H2,1-2H3,(H2,23,26)(H,24,27). The van der Waals surface area contributed by atoms with Crippen LogP contribution in [0.5, 0.6) is 5.75 Å². The van der Waals surface area contributed by atoms with Crippen LogP contribution >= 0.6 is 0 Å². The van der Waals surface area contributed by atoms with Crippen LogP contribution in [-0.2, 0) is 30.8 Å². The molecule has 1 aliphatic rings. The van der Waals surface area contributed by atoms with Crippen molar-refractivity contribution in [2.45, 2.75) is 37.4 Å². The van der Waals surface area contributed by atoms with Crippen molar-refractivity contribution in [3.63, 3.8) is 0 Å². The van der Waals surface area contributed by atoms with E-state index in [2.05, 4.69) is 5.32 Å². The number of ether oxygens (including phenoxy) is 2. The quantitative estimate of drug-likeness (QED) is 0.614. The van der Waals surface area contributed by atoms with Gasteiger partial charge in [-0.05, 0) is 55.8 Å². The number of nitrogens with one attached hydrogen (secondary N) is 1. The lowest BCUT2D eigenvalue weighted by atomic mass is 10.1. The summed E-state index contributed by atoms with van der Waals surface area (Å²) in [6, 6.07) is 12.7. The van der Waals surface area contributed by atoms with E-state index in [1.807, 2.05) is 13.8 Å². The van der Waals surface area contributed by atoms with Gasteiger partial charge in [0, 0.05) is 18.8 Å². The minimum atomic E-state index is -3.64. The largest absolute Gasteiger partial charge is 0.484 e. The fourth-order valence-corrected chi connectivity index (χ4v) is 5.03. The van der Waals surface area contributed by atoms with Crippen molar-refractivity contribution in [3.8, 4) is 5.75 Å². The molecule has 0 radical (unpaired) electrons. The summed E-state index contributed by atoms with van der Waals surface area (Å²) in [5.41, 5.74) is 6.36. The average Bonchev–Trinajstić information content (AvgIpc) is 2.72. The number of anilines is 1. The number of carbonyl (C=O) groups is 2. The van der Waals surface area contributed by atoms with Gasteiger partial charge in [0.15, 0.2) is 6.61 Å². The van der Waals surface area contributed by atoms with Crippen LogP contribution in [0.3, 0.4) is 0 Å². The van der Waals surface area contributed by atoms with Gasteiger partial charge in [0.25, 0.3) is 5.91 Å². The van der Waals surface area contributed by atoms with Gasteiger partial charge in [0.05, 0.1) is 23.5 Å². The Morgan fingerprint density at radius 3 is 2.22 bits per heavy atom. The van der Waals surface area contributed by atoms with Crippen LogP contribution in [-0.4, -0.2) is 56.4 Å². The second kappa shape index (κ2) is 10.1. The molecule has 2 atom stereocenters. The average molecular weight is 462 g/mol. The highest BCUT2D eigenvalue weighted by atomic mass is 32.2. The molecule has 9 nitrogen and oxygen atoms in total. The smallest absolute Gasteiger partial charge is 0.262 e. The molecule has 0 bridgehead atoms. The van der Waals surface area contributed by atoms with Gasteiger partial charge < -0.3 is 20.5 Å². The molecule has 3 rings (SSSR count). The summed E-state index contributed by atoms with van der Waals surface area (Å²) in [7, 11) is -3.64. The van der Waals surface area contributed by atoms with Gasteiger partial charge in [0.1, 0.15) is 5.75 Å². The number of benzene rings is 2. The van der Waals surface area contributed by atoms with Gasteiger partial charge in [-0.15, -0.1) is 0 Å². The second-order valence-electron chi connectivity index (χ2n) is 7.73. The molecule has 2 amide bonds. The number of primary amides is 1. The maximum Gasteiger partial charge on any atom is 0.262 e. The lowest BCUT2D eigenvalue weighted by Gasteiger charge is -2.34. The highest BCUT2D eigenvalue weighted by Crippen LogP contribution is 2.22. The zero-order chi connectivity index (χ0) is 23.3. The third kappa shape index (κ3) is 6.28. The van der Waals surface area contributed by atoms with Gasteiger partial charge in [-0.2, -0.15) is 4.31 Å². The van der Waals surface area contributed by atoms with Gasteiger partial charge in [-0.1, -0.05) is 12.1 Å². The Morgan fingerprint density at radius 1 is 1.06 bits per heavy atom. The number of carbonyl (C=O) groups excluding carboxylic acids is 2. The zero-order valence-corrected chi connectivity index (χ0v) is 18.8. The van der Waals surface area contributed by atoms with E-state index >= 15 is 0 Å². The molecule has 2 unspecified atom stereocenters. The summed E-state index contributed by atoms with van der Waals surface area (Å²) in [5, 5.41) is 2.67. The minimum Gasteiger partial charge on any atom is -0.484 e. The van der Waals surface area contributed by atoms with E-state index in [9.17, 15) is 18.0 Å². The molecule has 3 N–H and O–H groups in total. The third-order valence-electron chi connectivity index (χ3n) is 4.83. The summed E-state index contributed by atoms with van der Waals surface area (Å²) >= 11 is 0. The Bertz CT molecular complexity index is 1040. The molecule has 0 spiro atoms. The SMILES string of the molecule is CC1CN(S(=O)(=O)c2ccc(NC(=O)COc3ccc(CC(N)=O)cc3)cc2)CC(C)O1. The predicted molar refractivity (Wildman–Crippen MR) is 119 cm³/mol. The molecule has 2 aromatic rings. The van der Waals surface area contributed by atoms with E-state index in [-0.39, 0.29) is 30.1 Å². The van der Waals surface area contributed by atoms with E-state index in [4.69, 9.17) is 15.2 Å². The number of nitrogens with two attached hydrogens (primary N) is 1. The zero-order valence-electron chi connectivity index (χ0n) is 18.0. The van der Waals surface area contributed by atoms with E-state index in [0.29, 0.717) is 24.5 Å². The van der Waals surface area contributed by atoms with Crippen molar-refractivity contribution < 1.29 is 27.5 Å². The van der Waals surface area contributed by atoms with E-state index < -0.39 is 21.8 Å². The number of rotatable bonds is 8. The molecule has 1 fully saturated rings. The van der Waals surface area contributed by atoms with Gasteiger partial charge in [-0.3, -0.25) is 9.59 Å². The van der Waals surface area contributed by atoms with Crippen molar-refractivity contribution in [3.05, 3.63) is 54.1 Å². The van der Waals surface area contributed by atoms with Crippen molar-refractivity contribution in [1.29, 1.82) is 0 Å². The highest BCUT2D eigenvalue weighted by Gasteiger charge is 2.32. The van der Waals surface area contributed by atoms with Gasteiger partial charge in [0.2, 0.25) is 15.9 Å². The van der Waals surface area contributed by atoms with Crippen molar-refractivity contribution in [2.24, 2.45) is 5.73 Å². The Labute approximate surface area is 187 Å². The number of nitrogens with zero attached hydrogens (tertiary/aromatic N) is 1. The lowest BCUT2D eigenvalue weighted by molar-refractivity contribution is -0.118. The molecule has 0 aliphatic carbocycles. The molecule has 1 heterocycles. The van der Waals surface area contributed by atoms with E-state index in [0.717, 1.165) is 5.56 Å². The monoisotopic (exact) mass is 461 g/mol. The molecular formula is C22H27N3O6S. The minimum absolute atomic E-state index is 0.135. The molecule has 10 heteroatoms. The summed E-state index contributed by atoms with van der Waals surface area (Å²) in [6.45, 7) is 4.06. The van der Waals surface area contributed by atoms with E-state index in [1.54, 1.807) is 24.3 Å².